The van der Waals surface area contributed by atoms with Crippen molar-refractivity contribution >= 4 is 40.7 Å². The lowest BCUT2D eigenvalue weighted by molar-refractivity contribution is -0.137. The smallest absolute Gasteiger partial charge is 0.278 e. The van der Waals surface area contributed by atoms with Crippen LogP contribution in [-0.4, -0.2) is 29.2 Å². The fourth-order valence-corrected chi connectivity index (χ4v) is 3.85. The van der Waals surface area contributed by atoms with Crippen molar-refractivity contribution in [2.75, 3.05) is 17.2 Å². The molecule has 0 atom stereocenters. The summed E-state index contributed by atoms with van der Waals surface area (Å²) >= 11 is 6.19. The molecule has 1 heterocycles. The summed E-state index contributed by atoms with van der Waals surface area (Å²) < 4.78 is 0. The van der Waals surface area contributed by atoms with Gasteiger partial charge in [-0.15, -0.1) is 0 Å². The minimum absolute atomic E-state index is 0.0343. The van der Waals surface area contributed by atoms with Gasteiger partial charge in [0.1, 0.15) is 10.7 Å². The summed E-state index contributed by atoms with van der Waals surface area (Å²) in [5, 5.41) is 5.67. The largest absolute Gasteiger partial charge is 0.350 e. The molecule has 0 spiro atoms. The molecule has 3 aromatic rings. The first kappa shape index (κ1) is 23.3. The van der Waals surface area contributed by atoms with Crippen LogP contribution in [-0.2, 0) is 16.0 Å². The van der Waals surface area contributed by atoms with Gasteiger partial charge in [-0.1, -0.05) is 48.0 Å². The molecule has 0 saturated heterocycles. The molecule has 0 saturated carbocycles. The van der Waals surface area contributed by atoms with E-state index in [1.807, 2.05) is 62.4 Å². The molecule has 3 aromatic carbocycles. The fraction of sp³-hybridized carbons (Fsp3) is 0.148. The van der Waals surface area contributed by atoms with E-state index in [1.54, 1.807) is 24.3 Å². The molecule has 0 unspecified atom stereocenters. The van der Waals surface area contributed by atoms with E-state index in [2.05, 4.69) is 10.6 Å². The third-order valence-electron chi connectivity index (χ3n) is 5.76. The molecule has 0 radical (unpaired) electrons. The molecule has 0 aromatic heterocycles. The van der Waals surface area contributed by atoms with Gasteiger partial charge < -0.3 is 10.6 Å². The maximum Gasteiger partial charge on any atom is 0.278 e. The zero-order chi connectivity index (χ0) is 24.2. The second-order valence-corrected chi connectivity index (χ2v) is 8.52. The number of anilines is 2. The summed E-state index contributed by atoms with van der Waals surface area (Å²) in [7, 11) is 0. The molecule has 3 amide bonds. The number of halogens is 1. The van der Waals surface area contributed by atoms with Crippen molar-refractivity contribution in [1.82, 2.24) is 4.90 Å². The Bertz CT molecular complexity index is 1280. The minimum atomic E-state index is -0.519. The van der Waals surface area contributed by atoms with Crippen molar-refractivity contribution in [1.29, 1.82) is 0 Å². The number of nitrogens with one attached hydrogen (secondary N) is 2. The van der Waals surface area contributed by atoms with Crippen LogP contribution in [0.25, 0.3) is 0 Å². The first-order valence-electron chi connectivity index (χ1n) is 10.9. The lowest BCUT2D eigenvalue weighted by atomic mass is 10.1. The lowest BCUT2D eigenvalue weighted by Gasteiger charge is -2.15. The predicted molar refractivity (Wildman–Crippen MR) is 134 cm³/mol. The zero-order valence-electron chi connectivity index (χ0n) is 18.9. The van der Waals surface area contributed by atoms with Crippen LogP contribution in [0.2, 0.25) is 0 Å². The Labute approximate surface area is 203 Å². The molecule has 4 rings (SSSR count). The number of hydrogen-bond donors (Lipinski definition) is 2. The number of rotatable bonds is 7. The molecule has 6 nitrogen and oxygen atoms in total. The van der Waals surface area contributed by atoms with E-state index in [1.165, 1.54) is 0 Å². The van der Waals surface area contributed by atoms with E-state index in [0.29, 0.717) is 17.7 Å². The summed E-state index contributed by atoms with van der Waals surface area (Å²) in [6.07, 6.45) is 0.542. The van der Waals surface area contributed by atoms with Crippen molar-refractivity contribution in [3.8, 4) is 0 Å². The van der Waals surface area contributed by atoms with Gasteiger partial charge in [0.05, 0.1) is 0 Å². The molecule has 34 heavy (non-hydrogen) atoms. The van der Waals surface area contributed by atoms with E-state index < -0.39 is 11.8 Å². The molecule has 1 aliphatic heterocycles. The van der Waals surface area contributed by atoms with Crippen LogP contribution >= 0.6 is 11.6 Å². The Hall–Kier alpha value is -3.90. The summed E-state index contributed by atoms with van der Waals surface area (Å²) in [6, 6.07) is 22.0. The minimum Gasteiger partial charge on any atom is -0.350 e. The number of amides is 3. The van der Waals surface area contributed by atoms with E-state index >= 15 is 0 Å². The van der Waals surface area contributed by atoms with Crippen LogP contribution in [0.5, 0.6) is 0 Å². The van der Waals surface area contributed by atoms with E-state index in [0.717, 1.165) is 27.3 Å². The topological polar surface area (TPSA) is 78.5 Å². The van der Waals surface area contributed by atoms with Crippen LogP contribution in [0, 0.1) is 13.8 Å². The number of benzene rings is 3. The number of hydrogen-bond acceptors (Lipinski definition) is 4. The number of imide groups is 1. The second kappa shape index (κ2) is 9.93. The van der Waals surface area contributed by atoms with E-state index in [4.69, 9.17) is 11.6 Å². The number of aryl methyl sites for hydroxylation is 2. The molecule has 7 heteroatoms. The Morgan fingerprint density at radius 1 is 0.853 bits per heavy atom. The summed E-state index contributed by atoms with van der Waals surface area (Å²) in [5.74, 6) is -1.23. The predicted octanol–water partition coefficient (Wildman–Crippen LogP) is 5.03. The number of carbonyl (C=O) groups is 3. The summed E-state index contributed by atoms with van der Waals surface area (Å²) in [4.78, 5) is 39.1. The molecule has 2 N–H and O–H groups in total. The molecular weight excluding hydrogens is 450 g/mol. The first-order chi connectivity index (χ1) is 16.3. The van der Waals surface area contributed by atoms with Crippen LogP contribution in [0.1, 0.15) is 27.0 Å². The normalized spacial score (nSPS) is 13.4. The highest BCUT2D eigenvalue weighted by Crippen LogP contribution is 2.26. The van der Waals surface area contributed by atoms with Gasteiger partial charge in [-0.3, -0.25) is 19.3 Å². The highest BCUT2D eigenvalue weighted by Gasteiger charge is 2.37. The molecule has 0 fully saturated rings. The Morgan fingerprint density at radius 3 is 2.21 bits per heavy atom. The third-order valence-corrected chi connectivity index (χ3v) is 6.11. The maximum absolute atomic E-state index is 12.8. The van der Waals surface area contributed by atoms with Gasteiger partial charge in [0.2, 0.25) is 0 Å². The monoisotopic (exact) mass is 473 g/mol. The zero-order valence-corrected chi connectivity index (χ0v) is 19.6. The van der Waals surface area contributed by atoms with Gasteiger partial charge in [-0.05, 0) is 73.4 Å². The van der Waals surface area contributed by atoms with Gasteiger partial charge >= 0.3 is 0 Å². The highest BCUT2D eigenvalue weighted by atomic mass is 35.5. The van der Waals surface area contributed by atoms with Crippen molar-refractivity contribution in [3.05, 3.63) is 106 Å². The Balaban J connectivity index is 1.40. The summed E-state index contributed by atoms with van der Waals surface area (Å²) in [5.41, 5.74) is 5.03. The fourth-order valence-electron chi connectivity index (χ4n) is 3.62. The lowest BCUT2D eigenvalue weighted by Crippen LogP contribution is -2.34. The van der Waals surface area contributed by atoms with Crippen LogP contribution in [0.4, 0.5) is 11.4 Å². The maximum atomic E-state index is 12.8. The van der Waals surface area contributed by atoms with Gasteiger partial charge in [-0.25, -0.2) is 0 Å². The highest BCUT2D eigenvalue weighted by molar-refractivity contribution is 6.48. The Morgan fingerprint density at radius 2 is 1.53 bits per heavy atom. The SMILES string of the molecule is Cc1ccc(NC(=O)c2ccc(NC3=C(Cl)C(=O)N(CCc4ccccc4)C3=O)cc2)cc1C. The van der Waals surface area contributed by atoms with Crippen LogP contribution in [0.15, 0.2) is 83.5 Å². The summed E-state index contributed by atoms with van der Waals surface area (Å²) in [6.45, 7) is 4.24. The van der Waals surface area contributed by atoms with Crippen LogP contribution < -0.4 is 10.6 Å². The van der Waals surface area contributed by atoms with Gasteiger partial charge in [0, 0.05) is 23.5 Å². The van der Waals surface area contributed by atoms with Crippen molar-refractivity contribution in [2.45, 2.75) is 20.3 Å². The van der Waals surface area contributed by atoms with Crippen molar-refractivity contribution < 1.29 is 14.4 Å². The first-order valence-corrected chi connectivity index (χ1v) is 11.3. The van der Waals surface area contributed by atoms with E-state index in [-0.39, 0.29) is 23.2 Å². The molecular formula is C27H24ClN3O3. The van der Waals surface area contributed by atoms with Gasteiger partial charge in [0.25, 0.3) is 17.7 Å². The van der Waals surface area contributed by atoms with Crippen LogP contribution in [0.3, 0.4) is 0 Å². The number of carbonyl (C=O) groups excluding carboxylic acids is 3. The van der Waals surface area contributed by atoms with Gasteiger partial charge in [-0.2, -0.15) is 0 Å². The second-order valence-electron chi connectivity index (χ2n) is 8.14. The third kappa shape index (κ3) is 5.02. The standard InChI is InChI=1S/C27H24ClN3O3/c1-17-8-11-22(16-18(17)2)30-25(32)20-9-12-21(13-10-20)29-24-23(28)26(33)31(27(24)34)15-14-19-6-4-3-5-7-19/h3-13,16,29H,14-15H2,1-2H3,(H,30,32). The molecule has 1 aliphatic rings. The average molecular weight is 474 g/mol. The Kier molecular flexibility index (Phi) is 6.80. The molecule has 0 bridgehead atoms. The van der Waals surface area contributed by atoms with Crippen molar-refractivity contribution in [2.24, 2.45) is 0 Å². The van der Waals surface area contributed by atoms with E-state index in [9.17, 15) is 14.4 Å². The molecule has 172 valence electrons. The quantitative estimate of drug-likeness (QED) is 0.472. The van der Waals surface area contributed by atoms with Crippen molar-refractivity contribution in [3.63, 3.8) is 0 Å². The average Bonchev–Trinajstić information content (AvgIpc) is 3.04. The number of nitrogens with zero attached hydrogens (tertiary/aromatic N) is 1. The molecule has 0 aliphatic carbocycles. The van der Waals surface area contributed by atoms with Gasteiger partial charge in [0.15, 0.2) is 0 Å².